The number of aromatic nitrogens is 5. The van der Waals surface area contributed by atoms with E-state index in [1.165, 1.54) is 42.6 Å². The average molecular weight is 694 g/mol. The topological polar surface area (TPSA) is 221 Å². The van der Waals surface area contributed by atoms with Crippen LogP contribution in [0.3, 0.4) is 0 Å². The highest BCUT2D eigenvalue weighted by molar-refractivity contribution is 8.44. The van der Waals surface area contributed by atoms with Crippen molar-refractivity contribution in [3.8, 4) is 0 Å². The molecule has 2 bridgehead atoms. The van der Waals surface area contributed by atoms with Gasteiger partial charge in [0.2, 0.25) is 0 Å². The Morgan fingerprint density at radius 2 is 1.80 bits per heavy atom. The molecule has 3 fully saturated rings. The van der Waals surface area contributed by atoms with Crippen LogP contribution in [0.2, 0.25) is 0 Å². The molecule has 3 aliphatic heterocycles. The number of ether oxygens (including phenoxy) is 2. The van der Waals surface area contributed by atoms with Gasteiger partial charge < -0.3 is 25.6 Å². The number of fused-ring (bicyclic) bond motifs is 4. The van der Waals surface area contributed by atoms with Crippen LogP contribution in [0.5, 0.6) is 0 Å². The van der Waals surface area contributed by atoms with Gasteiger partial charge in [0.05, 0.1) is 19.5 Å². The number of imidazole rings is 1. The number of aliphatic hydroxyl groups is 1. The summed E-state index contributed by atoms with van der Waals surface area (Å²) in [6, 6.07) is 2.90. The lowest BCUT2D eigenvalue weighted by atomic mass is 10.0. The van der Waals surface area contributed by atoms with Crippen LogP contribution in [-0.4, -0.2) is 92.5 Å². The maximum Gasteiger partial charge on any atom is 0.386 e. The summed E-state index contributed by atoms with van der Waals surface area (Å²) in [4.78, 5) is 28.2. The highest BCUT2D eigenvalue weighted by atomic mass is 32.7. The number of nitrogens with one attached hydrogen (secondary N) is 1. The minimum atomic E-state index is -4.36. The van der Waals surface area contributed by atoms with Crippen molar-refractivity contribution in [3.63, 3.8) is 0 Å². The Hall–Kier alpha value is -2.22. The molecule has 3 aliphatic rings. The predicted molar refractivity (Wildman–Crippen MR) is 155 cm³/mol. The highest BCUT2D eigenvalue weighted by Gasteiger charge is 2.53. The van der Waals surface area contributed by atoms with E-state index < -0.39 is 81.7 Å². The minimum absolute atomic E-state index is 0.0362. The largest absolute Gasteiger partial charge is 0.387 e. The van der Waals surface area contributed by atoms with E-state index in [9.17, 15) is 19.0 Å². The number of aliphatic hydroxyl groups excluding tert-OH is 1. The Morgan fingerprint density at radius 3 is 2.52 bits per heavy atom. The average Bonchev–Trinajstić information content (AvgIpc) is 3.64. The first-order chi connectivity index (χ1) is 20.9. The number of carbonyl (C=O) groups is 1. The fourth-order valence-electron chi connectivity index (χ4n) is 5.07. The molecule has 10 atom stereocenters. The Balaban J connectivity index is 1.30. The molecule has 44 heavy (non-hydrogen) atoms. The van der Waals surface area contributed by atoms with Crippen molar-refractivity contribution < 1.29 is 51.0 Å². The molecule has 0 aromatic carbocycles. The molecule has 3 aromatic rings. The van der Waals surface area contributed by atoms with E-state index in [0.717, 1.165) is 0 Å². The molecule has 6 heterocycles. The number of nitrogens with two attached hydrogens (primary N) is 1. The van der Waals surface area contributed by atoms with E-state index in [2.05, 4.69) is 49.7 Å². The van der Waals surface area contributed by atoms with Crippen LogP contribution in [-0.2, 0) is 36.7 Å². The summed E-state index contributed by atoms with van der Waals surface area (Å²) in [5.41, 5.74) is 6.55. The van der Waals surface area contributed by atoms with Crippen molar-refractivity contribution in [3.05, 3.63) is 42.2 Å². The summed E-state index contributed by atoms with van der Waals surface area (Å²) in [6.07, 6.45) is -7.93. The van der Waals surface area contributed by atoms with Gasteiger partial charge in [-0.15, -0.1) is 0 Å². The fourth-order valence-corrected chi connectivity index (χ4v) is 8.02. The molecule has 2 unspecified atom stereocenters. The van der Waals surface area contributed by atoms with Gasteiger partial charge in [-0.2, -0.15) is 0 Å². The van der Waals surface area contributed by atoms with Crippen molar-refractivity contribution in [2.24, 2.45) is 0 Å². The van der Waals surface area contributed by atoms with Crippen LogP contribution in [0.1, 0.15) is 28.4 Å². The third-order valence-electron chi connectivity index (χ3n) is 7.15. The van der Waals surface area contributed by atoms with Crippen LogP contribution < -0.4 is 11.1 Å². The number of thiol groups is 2. The summed E-state index contributed by atoms with van der Waals surface area (Å²) < 4.78 is 77.8. The van der Waals surface area contributed by atoms with E-state index in [1.54, 1.807) is 0 Å². The maximum atomic E-state index is 16.0. The molecule has 0 aliphatic carbocycles. The Bertz CT molecular complexity index is 1670. The second kappa shape index (κ2) is 12.2. The van der Waals surface area contributed by atoms with Crippen LogP contribution in [0, 0.1) is 0 Å². The zero-order valence-corrected chi connectivity index (χ0v) is 26.1. The second-order valence-corrected chi connectivity index (χ2v) is 15.7. The Kier molecular flexibility index (Phi) is 8.79. The molecule has 0 spiro atoms. The Labute approximate surface area is 258 Å². The highest BCUT2D eigenvalue weighted by Crippen LogP contribution is 2.60. The summed E-state index contributed by atoms with van der Waals surface area (Å²) >= 11 is 8.06. The van der Waals surface area contributed by atoms with E-state index in [0.29, 0.717) is 5.56 Å². The van der Waals surface area contributed by atoms with Gasteiger partial charge in [0.15, 0.2) is 23.9 Å². The van der Waals surface area contributed by atoms with Gasteiger partial charge in [0.25, 0.3) is 5.91 Å². The van der Waals surface area contributed by atoms with Gasteiger partial charge in [-0.25, -0.2) is 28.5 Å². The number of anilines is 1. The monoisotopic (exact) mass is 693 g/mol. The first-order valence-electron chi connectivity index (χ1n) is 12.9. The summed E-state index contributed by atoms with van der Waals surface area (Å²) in [5.74, 6) is -0.434. The van der Waals surface area contributed by atoms with Crippen molar-refractivity contribution in [2.75, 3.05) is 26.0 Å². The van der Waals surface area contributed by atoms with Crippen molar-refractivity contribution >= 4 is 61.0 Å². The standard InChI is InChI=1S/C22H26FN7O10P2S2/c1-25-21(32)10-4-9(2-3-26-10)16-18-15(31)11(37-16)5-35-41(33,43)39-17-12(6-36-42(34,44)40-18)38-22(13(17)23)30-8-29-14-19(24)27-7-28-20(14)30/h2-4,7-8,11-13,15-18,22,31H,5-6H2,1H3,(H,25,32)(H,33,43)(H,34,44)(H2,24,27,28)/t11-,12-,13-,15-,16+,17-,18-,22-,41?,42?/m1/s1. The fraction of sp³-hybridized carbons (Fsp3) is 0.500. The third-order valence-corrected chi connectivity index (χ3v) is 10.4. The molecule has 17 nitrogen and oxygen atoms in total. The van der Waals surface area contributed by atoms with Gasteiger partial charge in [-0.3, -0.25) is 32.4 Å². The Morgan fingerprint density at radius 1 is 1.09 bits per heavy atom. The SMILES string of the molecule is CNC(=O)c1cc([C@@H]2O[C@@H]3COP(=O)(S)O[C@H]4[C@@H](F)[C@H](n5cnc6c(N)ncnc65)O[C@@H]4COP(=O)(S)O[C@@H]2[C@@H]3O)ccn1. The molecule has 0 radical (unpaired) electrons. The van der Waals surface area contributed by atoms with Crippen LogP contribution in [0.25, 0.3) is 11.2 Å². The van der Waals surface area contributed by atoms with Gasteiger partial charge in [0.1, 0.15) is 54.2 Å². The minimum Gasteiger partial charge on any atom is -0.387 e. The number of hydrogen-bond donors (Lipinski definition) is 5. The number of alkyl halides is 1. The number of rotatable bonds is 3. The molecular weight excluding hydrogens is 667 g/mol. The molecule has 1 amide bonds. The van der Waals surface area contributed by atoms with Gasteiger partial charge in [0, 0.05) is 13.2 Å². The van der Waals surface area contributed by atoms with Crippen LogP contribution >= 0.6 is 38.1 Å². The number of nitrogen functional groups attached to an aromatic ring is 1. The van der Waals surface area contributed by atoms with Crippen molar-refractivity contribution in [1.82, 2.24) is 29.8 Å². The first kappa shape index (κ1) is 31.7. The molecule has 6 rings (SSSR count). The molecule has 0 saturated carbocycles. The summed E-state index contributed by atoms with van der Waals surface area (Å²) in [7, 11) is 1.43. The molecular formula is C22H26FN7O10P2S2. The zero-order chi connectivity index (χ0) is 31.4. The number of amides is 1. The molecule has 4 N–H and O–H groups in total. The molecule has 238 valence electrons. The van der Waals surface area contributed by atoms with Crippen LogP contribution in [0.15, 0.2) is 31.0 Å². The smallest absolute Gasteiger partial charge is 0.386 e. The summed E-state index contributed by atoms with van der Waals surface area (Å²) in [5, 5.41) is 13.5. The normalized spacial score (nSPS) is 37.9. The maximum absolute atomic E-state index is 16.0. The number of halogens is 1. The quantitative estimate of drug-likeness (QED) is 0.195. The third kappa shape index (κ3) is 6.13. The van der Waals surface area contributed by atoms with Gasteiger partial charge in [-0.05, 0) is 17.7 Å². The lowest BCUT2D eigenvalue weighted by Gasteiger charge is -2.26. The number of pyridine rings is 1. The van der Waals surface area contributed by atoms with Crippen LogP contribution in [0.4, 0.5) is 10.2 Å². The van der Waals surface area contributed by atoms with Gasteiger partial charge in [-0.1, -0.05) is 24.5 Å². The number of carbonyl (C=O) groups excluding carboxylic acids is 1. The van der Waals surface area contributed by atoms with E-state index in [-0.39, 0.29) is 22.7 Å². The summed E-state index contributed by atoms with van der Waals surface area (Å²) in [6.45, 7) is -9.90. The lowest BCUT2D eigenvalue weighted by Crippen LogP contribution is -2.34. The van der Waals surface area contributed by atoms with Gasteiger partial charge >= 0.3 is 13.6 Å². The first-order valence-corrected chi connectivity index (χ1v) is 18.3. The van der Waals surface area contributed by atoms with E-state index in [4.69, 9.17) is 33.3 Å². The number of nitrogens with zero attached hydrogens (tertiary/aromatic N) is 5. The predicted octanol–water partition coefficient (Wildman–Crippen LogP) is 1.79. The second-order valence-electron chi connectivity index (χ2n) is 9.90. The zero-order valence-electron chi connectivity index (χ0n) is 22.5. The number of hydrogen-bond acceptors (Lipinski definition) is 15. The molecule has 22 heteroatoms. The van der Waals surface area contributed by atoms with Crippen molar-refractivity contribution in [2.45, 2.75) is 49.0 Å². The lowest BCUT2D eigenvalue weighted by molar-refractivity contribution is -0.0455. The van der Waals surface area contributed by atoms with E-state index >= 15 is 4.39 Å². The van der Waals surface area contributed by atoms with E-state index in [1.807, 2.05) is 0 Å². The van der Waals surface area contributed by atoms with Crippen molar-refractivity contribution in [1.29, 1.82) is 0 Å². The molecule has 3 saturated heterocycles. The molecule has 3 aromatic heterocycles.